The van der Waals surface area contributed by atoms with Crippen LogP contribution in [0.2, 0.25) is 0 Å². The molecule has 3 atom stereocenters. The van der Waals surface area contributed by atoms with Crippen molar-refractivity contribution in [2.45, 2.75) is 50.7 Å². The van der Waals surface area contributed by atoms with E-state index in [-0.39, 0.29) is 17.7 Å². The van der Waals surface area contributed by atoms with Crippen LogP contribution in [0.3, 0.4) is 0 Å². The largest absolute Gasteiger partial charge is 0.493 e. The molecule has 1 amide bonds. The average Bonchev–Trinajstić information content (AvgIpc) is 3.41. The SMILES string of the molecule is COc1ccc(Cc2nnc(SCC(=O)NC3CCCC(C)C3C)n2-c2ccc(Oc3ccccc3)cc2)cc1OC. The highest BCUT2D eigenvalue weighted by Gasteiger charge is 2.28. The van der Waals surface area contributed by atoms with Crippen molar-refractivity contribution in [3.8, 4) is 28.7 Å². The van der Waals surface area contributed by atoms with E-state index in [1.807, 2.05) is 77.4 Å². The molecule has 4 aromatic rings. The van der Waals surface area contributed by atoms with Gasteiger partial charge in [0.25, 0.3) is 0 Å². The molecule has 0 radical (unpaired) electrons. The lowest BCUT2D eigenvalue weighted by molar-refractivity contribution is -0.120. The number of thioether (sulfide) groups is 1. The summed E-state index contributed by atoms with van der Waals surface area (Å²) in [5.41, 5.74) is 1.88. The second kappa shape index (κ2) is 13.8. The summed E-state index contributed by atoms with van der Waals surface area (Å²) in [5.74, 6) is 4.94. The molecule has 9 heteroatoms. The van der Waals surface area contributed by atoms with Crippen LogP contribution in [0.25, 0.3) is 5.69 Å². The smallest absolute Gasteiger partial charge is 0.230 e. The van der Waals surface area contributed by atoms with Crippen molar-refractivity contribution in [1.82, 2.24) is 20.1 Å². The van der Waals surface area contributed by atoms with Crippen molar-refractivity contribution >= 4 is 17.7 Å². The van der Waals surface area contributed by atoms with Crippen LogP contribution in [0.15, 0.2) is 78.0 Å². The Morgan fingerprint density at radius 1 is 0.929 bits per heavy atom. The molecule has 0 saturated heterocycles. The Kier molecular flexibility index (Phi) is 9.69. The fraction of sp³-hybridized carbons (Fsp3) is 0.364. The number of ether oxygens (including phenoxy) is 3. The van der Waals surface area contributed by atoms with Gasteiger partial charge in [0.2, 0.25) is 5.91 Å². The van der Waals surface area contributed by atoms with Crippen LogP contribution in [0, 0.1) is 11.8 Å². The van der Waals surface area contributed by atoms with Crippen LogP contribution in [0.5, 0.6) is 23.0 Å². The van der Waals surface area contributed by atoms with Crippen molar-refractivity contribution in [2.75, 3.05) is 20.0 Å². The lowest BCUT2D eigenvalue weighted by Gasteiger charge is -2.34. The molecule has 3 unspecified atom stereocenters. The van der Waals surface area contributed by atoms with Gasteiger partial charge in [-0.25, -0.2) is 0 Å². The molecule has 8 nitrogen and oxygen atoms in total. The number of hydrogen-bond acceptors (Lipinski definition) is 7. The molecule has 1 aromatic heterocycles. The van der Waals surface area contributed by atoms with Gasteiger partial charge in [-0.1, -0.05) is 62.7 Å². The van der Waals surface area contributed by atoms with E-state index in [1.54, 1.807) is 14.2 Å². The van der Waals surface area contributed by atoms with Gasteiger partial charge >= 0.3 is 0 Å². The van der Waals surface area contributed by atoms with E-state index < -0.39 is 0 Å². The first-order chi connectivity index (χ1) is 20.4. The van der Waals surface area contributed by atoms with Crippen molar-refractivity contribution in [1.29, 1.82) is 0 Å². The van der Waals surface area contributed by atoms with Gasteiger partial charge in [0.15, 0.2) is 16.7 Å². The van der Waals surface area contributed by atoms with Gasteiger partial charge in [0, 0.05) is 18.2 Å². The van der Waals surface area contributed by atoms with E-state index in [4.69, 9.17) is 14.2 Å². The third-order valence-electron chi connectivity index (χ3n) is 7.97. The number of para-hydroxylation sites is 1. The first kappa shape index (κ1) is 29.5. The van der Waals surface area contributed by atoms with Crippen molar-refractivity contribution in [2.24, 2.45) is 11.8 Å². The maximum absolute atomic E-state index is 13.0. The van der Waals surface area contributed by atoms with Crippen LogP contribution in [0.1, 0.15) is 44.5 Å². The lowest BCUT2D eigenvalue weighted by atomic mass is 9.78. The second-order valence-corrected chi connectivity index (χ2v) is 11.7. The number of benzene rings is 3. The van der Waals surface area contributed by atoms with Crippen LogP contribution in [-0.2, 0) is 11.2 Å². The maximum Gasteiger partial charge on any atom is 0.230 e. The molecule has 1 aliphatic rings. The molecule has 220 valence electrons. The Labute approximate surface area is 251 Å². The van der Waals surface area contributed by atoms with Crippen LogP contribution in [-0.4, -0.2) is 46.7 Å². The van der Waals surface area contributed by atoms with Gasteiger partial charge in [0.05, 0.1) is 20.0 Å². The average molecular weight is 587 g/mol. The molecular formula is C33H38N4O4S. The van der Waals surface area contributed by atoms with E-state index >= 15 is 0 Å². The lowest BCUT2D eigenvalue weighted by Crippen LogP contribution is -2.44. The fourth-order valence-electron chi connectivity index (χ4n) is 5.39. The van der Waals surface area contributed by atoms with E-state index in [1.165, 1.54) is 18.2 Å². The van der Waals surface area contributed by atoms with Crippen LogP contribution >= 0.6 is 11.8 Å². The Hall–Kier alpha value is -3.98. The maximum atomic E-state index is 13.0. The summed E-state index contributed by atoms with van der Waals surface area (Å²) < 4.78 is 18.9. The molecule has 0 spiro atoms. The second-order valence-electron chi connectivity index (χ2n) is 10.7. The Balaban J connectivity index is 1.37. The van der Waals surface area contributed by atoms with Crippen molar-refractivity contribution < 1.29 is 19.0 Å². The Bertz CT molecular complexity index is 1480. The normalized spacial score (nSPS) is 18.3. The molecule has 42 heavy (non-hydrogen) atoms. The Morgan fingerprint density at radius 2 is 1.67 bits per heavy atom. The van der Waals surface area contributed by atoms with Gasteiger partial charge in [-0.05, 0) is 72.4 Å². The molecule has 3 aromatic carbocycles. The molecule has 1 heterocycles. The van der Waals surface area contributed by atoms with Crippen molar-refractivity contribution in [3.63, 3.8) is 0 Å². The zero-order valence-electron chi connectivity index (χ0n) is 24.6. The fourth-order valence-corrected chi connectivity index (χ4v) is 6.17. The van der Waals surface area contributed by atoms with Crippen LogP contribution < -0.4 is 19.5 Å². The van der Waals surface area contributed by atoms with Gasteiger partial charge in [0.1, 0.15) is 17.3 Å². The van der Waals surface area contributed by atoms with Gasteiger partial charge in [-0.15, -0.1) is 10.2 Å². The number of aromatic nitrogens is 3. The number of amides is 1. The van der Waals surface area contributed by atoms with Gasteiger partial charge in [-0.2, -0.15) is 0 Å². The predicted octanol–water partition coefficient (Wildman–Crippen LogP) is 6.70. The molecule has 5 rings (SSSR count). The number of rotatable bonds is 11. The third-order valence-corrected chi connectivity index (χ3v) is 8.90. The summed E-state index contributed by atoms with van der Waals surface area (Å²) in [6, 6.07) is 23.5. The minimum Gasteiger partial charge on any atom is -0.493 e. The topological polar surface area (TPSA) is 87.5 Å². The van der Waals surface area contributed by atoms with E-state index in [9.17, 15) is 4.79 Å². The Morgan fingerprint density at radius 3 is 2.40 bits per heavy atom. The molecule has 0 bridgehead atoms. The molecule has 1 N–H and O–H groups in total. The quantitative estimate of drug-likeness (QED) is 0.196. The minimum atomic E-state index is 0.0218. The summed E-state index contributed by atoms with van der Waals surface area (Å²) >= 11 is 1.39. The molecule has 0 aliphatic heterocycles. The number of methoxy groups -OCH3 is 2. The number of hydrogen-bond donors (Lipinski definition) is 1. The molecular weight excluding hydrogens is 548 g/mol. The summed E-state index contributed by atoms with van der Waals surface area (Å²) in [5, 5.41) is 13.0. The summed E-state index contributed by atoms with van der Waals surface area (Å²) in [4.78, 5) is 13.0. The first-order valence-corrected chi connectivity index (χ1v) is 15.3. The number of carbonyl (C=O) groups excluding carboxylic acids is 1. The van der Waals surface area contributed by atoms with Crippen LogP contribution in [0.4, 0.5) is 0 Å². The summed E-state index contributed by atoms with van der Waals surface area (Å²) in [7, 11) is 3.24. The first-order valence-electron chi connectivity index (χ1n) is 14.4. The standard InChI is InChI=1S/C33H38N4O4S/c1-22-9-8-12-28(23(22)2)34-32(38)21-42-33-36-35-31(20-24-13-18-29(39-3)30(19-24)40-4)37(33)25-14-16-27(17-15-25)41-26-10-6-5-7-11-26/h5-7,10-11,13-19,22-23,28H,8-9,12,20-21H2,1-4H3,(H,34,38). The highest BCUT2D eigenvalue weighted by molar-refractivity contribution is 7.99. The predicted molar refractivity (Wildman–Crippen MR) is 165 cm³/mol. The van der Waals surface area contributed by atoms with E-state index in [2.05, 4.69) is 29.4 Å². The molecule has 1 aliphatic carbocycles. The zero-order chi connectivity index (χ0) is 29.5. The number of nitrogens with one attached hydrogen (secondary N) is 1. The number of nitrogens with zero attached hydrogens (tertiary/aromatic N) is 3. The molecule has 1 saturated carbocycles. The van der Waals surface area contributed by atoms with Crippen molar-refractivity contribution in [3.05, 3.63) is 84.2 Å². The number of carbonyl (C=O) groups is 1. The van der Waals surface area contributed by atoms with Gasteiger partial charge < -0.3 is 19.5 Å². The highest BCUT2D eigenvalue weighted by Crippen LogP contribution is 2.32. The monoisotopic (exact) mass is 586 g/mol. The minimum absolute atomic E-state index is 0.0218. The summed E-state index contributed by atoms with van der Waals surface area (Å²) in [6.07, 6.45) is 3.93. The zero-order valence-corrected chi connectivity index (χ0v) is 25.4. The van der Waals surface area contributed by atoms with Gasteiger partial charge in [-0.3, -0.25) is 9.36 Å². The third kappa shape index (κ3) is 7.07. The van der Waals surface area contributed by atoms with E-state index in [0.717, 1.165) is 41.4 Å². The summed E-state index contributed by atoms with van der Waals surface area (Å²) in [6.45, 7) is 4.51. The van der Waals surface area contributed by atoms with E-state index in [0.29, 0.717) is 34.9 Å². The molecule has 1 fully saturated rings. The highest BCUT2D eigenvalue weighted by atomic mass is 32.2.